The zero-order valence-corrected chi connectivity index (χ0v) is 14.8. The second-order valence-electron chi connectivity index (χ2n) is 5.55. The molecule has 0 aliphatic heterocycles. The number of aromatic nitrogens is 1. The van der Waals surface area contributed by atoms with Gasteiger partial charge in [-0.25, -0.2) is 4.79 Å². The van der Waals surface area contributed by atoms with Crippen molar-refractivity contribution in [2.45, 2.75) is 6.54 Å². The number of carbonyl (C=O) groups excluding carboxylic acids is 1. The Labute approximate surface area is 151 Å². The fourth-order valence-electron chi connectivity index (χ4n) is 2.74. The van der Waals surface area contributed by atoms with Crippen LogP contribution in [-0.4, -0.2) is 24.8 Å². The molecule has 0 saturated carbocycles. The summed E-state index contributed by atoms with van der Waals surface area (Å²) < 4.78 is 12.0. The number of carbonyl (C=O) groups is 1. The summed E-state index contributed by atoms with van der Waals surface area (Å²) in [6.45, 7) is 0.648. The van der Waals surface area contributed by atoms with Gasteiger partial charge >= 0.3 is 5.97 Å². The number of hydrogen-bond donors (Lipinski definition) is 0. The second kappa shape index (κ2) is 7.45. The summed E-state index contributed by atoms with van der Waals surface area (Å²) in [5.41, 5.74) is 3.01. The quantitative estimate of drug-likeness (QED) is 0.384. The van der Waals surface area contributed by atoms with Crippen molar-refractivity contribution in [2.75, 3.05) is 14.2 Å². The maximum absolute atomic E-state index is 11.8. The van der Waals surface area contributed by atoms with Gasteiger partial charge in [-0.05, 0) is 40.8 Å². The molecule has 3 aromatic rings. The first-order chi connectivity index (χ1) is 12.1. The molecule has 1 heterocycles. The van der Waals surface area contributed by atoms with E-state index in [4.69, 9.17) is 21.1 Å². The van der Waals surface area contributed by atoms with Crippen LogP contribution in [0.4, 0.5) is 0 Å². The normalized spacial score (nSPS) is 11.6. The van der Waals surface area contributed by atoms with Crippen LogP contribution in [-0.2, 0) is 20.8 Å². The van der Waals surface area contributed by atoms with E-state index in [-0.39, 0.29) is 5.76 Å². The third-order valence-electron chi connectivity index (χ3n) is 4.02. The lowest BCUT2D eigenvalue weighted by Gasteiger charge is -2.10. The monoisotopic (exact) mass is 355 g/mol. The molecule has 0 aliphatic carbocycles. The molecule has 4 nitrogen and oxygen atoms in total. The first-order valence-corrected chi connectivity index (χ1v) is 8.16. The molecule has 0 amide bonds. The highest BCUT2D eigenvalue weighted by Gasteiger charge is 2.11. The third kappa shape index (κ3) is 3.69. The molecular formula is C20H18ClNO3. The molecule has 0 radical (unpaired) electrons. The van der Waals surface area contributed by atoms with Crippen LogP contribution in [0.1, 0.15) is 11.1 Å². The van der Waals surface area contributed by atoms with Crippen LogP contribution in [0, 0.1) is 0 Å². The van der Waals surface area contributed by atoms with Gasteiger partial charge in [0.2, 0.25) is 5.76 Å². The maximum atomic E-state index is 11.8. The van der Waals surface area contributed by atoms with Gasteiger partial charge in [0, 0.05) is 23.3 Å². The van der Waals surface area contributed by atoms with Gasteiger partial charge < -0.3 is 14.0 Å². The fraction of sp³-hybridized carbons (Fsp3) is 0.150. The Morgan fingerprint density at radius 1 is 1.12 bits per heavy atom. The smallest absolute Gasteiger partial charge is 0.373 e. The number of methoxy groups -OCH3 is 2. The van der Waals surface area contributed by atoms with Gasteiger partial charge in [0.25, 0.3) is 0 Å². The summed E-state index contributed by atoms with van der Waals surface area (Å²) in [6.07, 6.45) is 3.72. The van der Waals surface area contributed by atoms with Crippen LogP contribution in [0.3, 0.4) is 0 Å². The molecule has 25 heavy (non-hydrogen) atoms. The number of halogens is 1. The third-order valence-corrected chi connectivity index (χ3v) is 4.26. The van der Waals surface area contributed by atoms with E-state index in [9.17, 15) is 4.79 Å². The van der Waals surface area contributed by atoms with Crippen molar-refractivity contribution in [3.05, 3.63) is 76.6 Å². The Bertz CT molecular complexity index is 943. The lowest BCUT2D eigenvalue weighted by molar-refractivity contribution is -0.139. The lowest BCUT2D eigenvalue weighted by Crippen LogP contribution is -2.07. The van der Waals surface area contributed by atoms with Crippen LogP contribution in [0.15, 0.2) is 60.5 Å². The average Bonchev–Trinajstić information content (AvgIpc) is 3.02. The Kier molecular flexibility index (Phi) is 5.10. The van der Waals surface area contributed by atoms with Gasteiger partial charge in [0.15, 0.2) is 0 Å². The molecule has 0 fully saturated rings. The molecule has 5 heteroatoms. The molecule has 128 valence electrons. The molecular weight excluding hydrogens is 338 g/mol. The number of esters is 1. The molecule has 0 aliphatic rings. The first kappa shape index (κ1) is 17.1. The summed E-state index contributed by atoms with van der Waals surface area (Å²) in [5.74, 6) is -0.342. The van der Waals surface area contributed by atoms with Crippen molar-refractivity contribution >= 4 is 34.5 Å². The fourth-order valence-corrected chi connectivity index (χ4v) is 2.91. The van der Waals surface area contributed by atoms with Crippen molar-refractivity contribution in [2.24, 2.45) is 0 Å². The van der Waals surface area contributed by atoms with Gasteiger partial charge in [-0.15, -0.1) is 0 Å². The van der Waals surface area contributed by atoms with Gasteiger partial charge in [0.05, 0.1) is 14.2 Å². The molecule has 2 aromatic carbocycles. The van der Waals surface area contributed by atoms with E-state index in [1.54, 1.807) is 6.08 Å². The van der Waals surface area contributed by atoms with Crippen LogP contribution in [0.2, 0.25) is 5.02 Å². The van der Waals surface area contributed by atoms with E-state index in [2.05, 4.69) is 10.6 Å². The molecule has 0 spiro atoms. The van der Waals surface area contributed by atoms with E-state index in [0.717, 1.165) is 22.0 Å². The Morgan fingerprint density at radius 3 is 2.68 bits per heavy atom. The highest BCUT2D eigenvalue weighted by molar-refractivity contribution is 6.31. The van der Waals surface area contributed by atoms with E-state index in [0.29, 0.717) is 11.6 Å². The van der Waals surface area contributed by atoms with Crippen molar-refractivity contribution < 1.29 is 14.3 Å². The van der Waals surface area contributed by atoms with Crippen molar-refractivity contribution in [3.63, 3.8) is 0 Å². The minimum absolute atomic E-state index is 0.162. The van der Waals surface area contributed by atoms with Crippen molar-refractivity contribution in [3.8, 4) is 0 Å². The van der Waals surface area contributed by atoms with Gasteiger partial charge in [-0.3, -0.25) is 0 Å². The molecule has 0 N–H and O–H groups in total. The molecule has 0 bridgehead atoms. The summed E-state index contributed by atoms with van der Waals surface area (Å²) in [6, 6.07) is 15.7. The van der Waals surface area contributed by atoms with Crippen LogP contribution >= 0.6 is 11.6 Å². The van der Waals surface area contributed by atoms with E-state index < -0.39 is 5.97 Å². The SMILES string of the molecule is COC(=O)C(=Cc1ccccc1Cn1ccc2ccc(Cl)cc21)OC. The van der Waals surface area contributed by atoms with Gasteiger partial charge in [-0.2, -0.15) is 0 Å². The average molecular weight is 356 g/mol. The topological polar surface area (TPSA) is 40.5 Å². The molecule has 0 atom stereocenters. The summed E-state index contributed by atoms with van der Waals surface area (Å²) in [7, 11) is 2.78. The number of nitrogens with zero attached hydrogens (tertiary/aromatic N) is 1. The van der Waals surface area contributed by atoms with Crippen LogP contribution in [0.5, 0.6) is 0 Å². The minimum Gasteiger partial charge on any atom is -0.490 e. The predicted octanol–water partition coefficient (Wildman–Crippen LogP) is 4.50. The maximum Gasteiger partial charge on any atom is 0.373 e. The molecule has 3 rings (SSSR count). The zero-order chi connectivity index (χ0) is 17.8. The van der Waals surface area contributed by atoms with Crippen molar-refractivity contribution in [1.82, 2.24) is 4.57 Å². The number of benzene rings is 2. The van der Waals surface area contributed by atoms with E-state index in [1.807, 2.05) is 48.7 Å². The number of rotatable bonds is 5. The van der Waals surface area contributed by atoms with Crippen LogP contribution in [0.25, 0.3) is 17.0 Å². The minimum atomic E-state index is -0.504. The second-order valence-corrected chi connectivity index (χ2v) is 5.99. The lowest BCUT2D eigenvalue weighted by atomic mass is 10.1. The van der Waals surface area contributed by atoms with E-state index >= 15 is 0 Å². The van der Waals surface area contributed by atoms with Crippen molar-refractivity contribution in [1.29, 1.82) is 0 Å². The van der Waals surface area contributed by atoms with Gasteiger partial charge in [0.1, 0.15) is 0 Å². The Hall–Kier alpha value is -2.72. The predicted molar refractivity (Wildman–Crippen MR) is 99.5 cm³/mol. The largest absolute Gasteiger partial charge is 0.490 e. The summed E-state index contributed by atoms with van der Waals surface area (Å²) >= 11 is 6.13. The van der Waals surface area contributed by atoms with Gasteiger partial charge in [-0.1, -0.05) is 41.9 Å². The molecule has 0 saturated heterocycles. The summed E-state index contributed by atoms with van der Waals surface area (Å²) in [4.78, 5) is 11.8. The molecule has 0 unspecified atom stereocenters. The molecule has 1 aromatic heterocycles. The zero-order valence-electron chi connectivity index (χ0n) is 14.0. The summed E-state index contributed by atoms with van der Waals surface area (Å²) in [5, 5.41) is 1.83. The number of ether oxygens (including phenoxy) is 2. The number of hydrogen-bond acceptors (Lipinski definition) is 3. The highest BCUT2D eigenvalue weighted by Crippen LogP contribution is 2.23. The highest BCUT2D eigenvalue weighted by atomic mass is 35.5. The Morgan fingerprint density at radius 2 is 1.92 bits per heavy atom. The number of fused-ring (bicyclic) bond motifs is 1. The first-order valence-electron chi connectivity index (χ1n) is 7.78. The Balaban J connectivity index is 1.99. The van der Waals surface area contributed by atoms with E-state index in [1.165, 1.54) is 14.2 Å². The standard InChI is InChI=1S/C20H18ClNO3/c1-24-19(20(23)25-2)11-15-5-3-4-6-16(15)13-22-10-9-14-7-8-17(21)12-18(14)22/h3-12H,13H2,1-2H3. The van der Waals surface area contributed by atoms with Crippen LogP contribution < -0.4 is 0 Å².